The molecule has 0 atom stereocenters. The van der Waals surface area contributed by atoms with Crippen LogP contribution in [-0.4, -0.2) is 0 Å². The minimum atomic E-state index is -0.237. The molecule has 0 saturated heterocycles. The second kappa shape index (κ2) is 3.26. The SMILES string of the molecule is CC(C)c1cccc(F)c1S. The van der Waals surface area contributed by atoms with Crippen molar-refractivity contribution in [2.45, 2.75) is 24.7 Å². The molecule has 0 amide bonds. The highest BCUT2D eigenvalue weighted by Crippen LogP contribution is 2.24. The van der Waals surface area contributed by atoms with Crippen LogP contribution in [0, 0.1) is 5.82 Å². The molecule has 1 aromatic carbocycles. The first-order valence-corrected chi connectivity index (χ1v) is 4.05. The molecule has 0 radical (unpaired) electrons. The van der Waals surface area contributed by atoms with Crippen LogP contribution in [-0.2, 0) is 0 Å². The van der Waals surface area contributed by atoms with Crippen LogP contribution in [0.5, 0.6) is 0 Å². The molecule has 0 N–H and O–H groups in total. The third-order valence-electron chi connectivity index (χ3n) is 1.64. The first-order chi connectivity index (χ1) is 5.13. The van der Waals surface area contributed by atoms with E-state index in [1.165, 1.54) is 6.07 Å². The molecule has 0 nitrogen and oxygen atoms in total. The van der Waals surface area contributed by atoms with Crippen molar-refractivity contribution in [3.63, 3.8) is 0 Å². The van der Waals surface area contributed by atoms with Crippen LogP contribution in [0.25, 0.3) is 0 Å². The molecule has 0 aliphatic carbocycles. The lowest BCUT2D eigenvalue weighted by Gasteiger charge is -2.08. The fourth-order valence-corrected chi connectivity index (χ4v) is 1.41. The second-order valence-corrected chi connectivity index (χ2v) is 3.28. The topological polar surface area (TPSA) is 0 Å². The van der Waals surface area contributed by atoms with Gasteiger partial charge in [0.2, 0.25) is 0 Å². The Balaban J connectivity index is 3.17. The smallest absolute Gasteiger partial charge is 0.136 e. The summed E-state index contributed by atoms with van der Waals surface area (Å²) >= 11 is 4.08. The highest BCUT2D eigenvalue weighted by molar-refractivity contribution is 7.80. The summed E-state index contributed by atoms with van der Waals surface area (Å²) in [4.78, 5) is 0.475. The quantitative estimate of drug-likeness (QED) is 0.614. The largest absolute Gasteiger partial charge is 0.206 e. The summed E-state index contributed by atoms with van der Waals surface area (Å²) in [6.07, 6.45) is 0. The molecule has 0 heterocycles. The maximum absolute atomic E-state index is 12.9. The summed E-state index contributed by atoms with van der Waals surface area (Å²) in [6.45, 7) is 4.04. The van der Waals surface area contributed by atoms with Crippen LogP contribution in [0.15, 0.2) is 23.1 Å². The third kappa shape index (κ3) is 1.74. The molecule has 0 fully saturated rings. The average Bonchev–Trinajstić information content (AvgIpc) is 1.94. The van der Waals surface area contributed by atoms with Crippen LogP contribution < -0.4 is 0 Å². The van der Waals surface area contributed by atoms with Crippen molar-refractivity contribution in [2.24, 2.45) is 0 Å². The van der Waals surface area contributed by atoms with Gasteiger partial charge in [0.15, 0.2) is 0 Å². The lowest BCUT2D eigenvalue weighted by Crippen LogP contribution is -1.91. The lowest BCUT2D eigenvalue weighted by molar-refractivity contribution is 0.594. The van der Waals surface area contributed by atoms with E-state index in [4.69, 9.17) is 0 Å². The van der Waals surface area contributed by atoms with Gasteiger partial charge in [-0.25, -0.2) is 4.39 Å². The Morgan fingerprint density at radius 3 is 2.45 bits per heavy atom. The minimum absolute atomic E-state index is 0.237. The summed E-state index contributed by atoms with van der Waals surface area (Å²) in [6, 6.07) is 5.04. The molecule has 1 rings (SSSR count). The molecule has 0 saturated carbocycles. The van der Waals surface area contributed by atoms with Crippen molar-refractivity contribution in [1.82, 2.24) is 0 Å². The Kier molecular flexibility index (Phi) is 2.55. The second-order valence-electron chi connectivity index (χ2n) is 2.83. The van der Waals surface area contributed by atoms with E-state index in [1.54, 1.807) is 6.07 Å². The van der Waals surface area contributed by atoms with E-state index in [-0.39, 0.29) is 5.82 Å². The van der Waals surface area contributed by atoms with Crippen molar-refractivity contribution in [3.8, 4) is 0 Å². The highest BCUT2D eigenvalue weighted by atomic mass is 32.1. The molecule has 0 unspecified atom stereocenters. The standard InChI is InChI=1S/C9H11FS/c1-6(2)7-4-3-5-8(10)9(7)11/h3-6,11H,1-2H3. The van der Waals surface area contributed by atoms with Crippen LogP contribution in [0.3, 0.4) is 0 Å². The van der Waals surface area contributed by atoms with Gasteiger partial charge in [0, 0.05) is 4.90 Å². The van der Waals surface area contributed by atoms with Crippen LogP contribution in [0.2, 0.25) is 0 Å². The monoisotopic (exact) mass is 170 g/mol. The molecule has 0 aliphatic heterocycles. The van der Waals surface area contributed by atoms with Gasteiger partial charge in [-0.1, -0.05) is 26.0 Å². The Labute approximate surface area is 71.8 Å². The molecular weight excluding hydrogens is 159 g/mol. The van der Waals surface area contributed by atoms with Gasteiger partial charge in [-0.05, 0) is 17.5 Å². The molecular formula is C9H11FS. The van der Waals surface area contributed by atoms with E-state index in [0.29, 0.717) is 10.8 Å². The zero-order chi connectivity index (χ0) is 8.43. The van der Waals surface area contributed by atoms with E-state index in [0.717, 1.165) is 5.56 Å². The predicted octanol–water partition coefficient (Wildman–Crippen LogP) is 3.24. The number of hydrogen-bond donors (Lipinski definition) is 1. The van der Waals surface area contributed by atoms with E-state index >= 15 is 0 Å². The normalized spacial score (nSPS) is 10.6. The Hall–Kier alpha value is -0.500. The Bertz CT molecular complexity index is 256. The first-order valence-electron chi connectivity index (χ1n) is 3.60. The molecule has 1 aromatic rings. The van der Waals surface area contributed by atoms with Crippen LogP contribution >= 0.6 is 12.6 Å². The maximum Gasteiger partial charge on any atom is 0.136 e. The van der Waals surface area contributed by atoms with Gasteiger partial charge in [-0.15, -0.1) is 12.6 Å². The summed E-state index contributed by atoms with van der Waals surface area (Å²) < 4.78 is 12.9. The van der Waals surface area contributed by atoms with Gasteiger partial charge in [0.25, 0.3) is 0 Å². The summed E-state index contributed by atoms with van der Waals surface area (Å²) in [5.74, 6) is 0.0951. The summed E-state index contributed by atoms with van der Waals surface area (Å²) in [7, 11) is 0. The molecule has 0 spiro atoms. The molecule has 0 aromatic heterocycles. The third-order valence-corrected chi connectivity index (χ3v) is 2.11. The van der Waals surface area contributed by atoms with Gasteiger partial charge in [0.05, 0.1) is 0 Å². The summed E-state index contributed by atoms with van der Waals surface area (Å²) in [5.41, 5.74) is 0.966. The fourth-order valence-electron chi connectivity index (χ4n) is 0.998. The van der Waals surface area contributed by atoms with E-state index in [1.807, 2.05) is 19.9 Å². The molecule has 0 aliphatic rings. The van der Waals surface area contributed by atoms with Gasteiger partial charge in [-0.3, -0.25) is 0 Å². The average molecular weight is 170 g/mol. The molecule has 0 bridgehead atoms. The fraction of sp³-hybridized carbons (Fsp3) is 0.333. The van der Waals surface area contributed by atoms with E-state index < -0.39 is 0 Å². The van der Waals surface area contributed by atoms with Crippen molar-refractivity contribution in [1.29, 1.82) is 0 Å². The number of rotatable bonds is 1. The van der Waals surface area contributed by atoms with Gasteiger partial charge < -0.3 is 0 Å². The van der Waals surface area contributed by atoms with Crippen molar-refractivity contribution in [3.05, 3.63) is 29.6 Å². The van der Waals surface area contributed by atoms with Crippen LogP contribution in [0.1, 0.15) is 25.3 Å². The number of thiol groups is 1. The van der Waals surface area contributed by atoms with Gasteiger partial charge in [0.1, 0.15) is 5.82 Å². The Morgan fingerprint density at radius 2 is 2.00 bits per heavy atom. The van der Waals surface area contributed by atoms with E-state index in [9.17, 15) is 4.39 Å². The minimum Gasteiger partial charge on any atom is -0.206 e. The van der Waals surface area contributed by atoms with Crippen molar-refractivity contribution in [2.75, 3.05) is 0 Å². The van der Waals surface area contributed by atoms with Gasteiger partial charge in [-0.2, -0.15) is 0 Å². The van der Waals surface area contributed by atoms with Crippen molar-refractivity contribution >= 4 is 12.6 Å². The molecule has 2 heteroatoms. The number of benzene rings is 1. The number of hydrogen-bond acceptors (Lipinski definition) is 1. The maximum atomic E-state index is 12.9. The van der Waals surface area contributed by atoms with Gasteiger partial charge >= 0.3 is 0 Å². The van der Waals surface area contributed by atoms with E-state index in [2.05, 4.69) is 12.6 Å². The zero-order valence-electron chi connectivity index (χ0n) is 6.63. The van der Waals surface area contributed by atoms with Crippen molar-refractivity contribution < 1.29 is 4.39 Å². The van der Waals surface area contributed by atoms with Crippen LogP contribution in [0.4, 0.5) is 4.39 Å². The molecule has 11 heavy (non-hydrogen) atoms. The molecule has 60 valence electrons. The summed E-state index contributed by atoms with van der Waals surface area (Å²) in [5, 5.41) is 0. The number of halogens is 1. The lowest BCUT2D eigenvalue weighted by atomic mass is 10.0. The first kappa shape index (κ1) is 8.60. The Morgan fingerprint density at radius 1 is 1.36 bits per heavy atom. The highest BCUT2D eigenvalue weighted by Gasteiger charge is 2.06. The zero-order valence-corrected chi connectivity index (χ0v) is 7.53. The predicted molar refractivity (Wildman–Crippen MR) is 47.7 cm³/mol.